The zero-order valence-electron chi connectivity index (χ0n) is 11.7. The van der Waals surface area contributed by atoms with E-state index in [1.807, 2.05) is 30.3 Å². The molecule has 0 aliphatic carbocycles. The van der Waals surface area contributed by atoms with Crippen LogP contribution in [0.2, 0.25) is 0 Å². The van der Waals surface area contributed by atoms with E-state index in [9.17, 15) is 4.79 Å². The topological polar surface area (TPSA) is 29.5 Å². The lowest BCUT2D eigenvalue weighted by Crippen LogP contribution is -2.36. The largest absolute Gasteiger partial charge is 0.377 e. The SMILES string of the molecule is CCC1CN(CC(=O)Cc2ccccc2)CCCO1. The minimum atomic E-state index is 0.284. The number of ketones is 1. The Bertz CT molecular complexity index is 391. The summed E-state index contributed by atoms with van der Waals surface area (Å²) in [5.41, 5.74) is 1.10. The Kier molecular flexibility index (Phi) is 5.55. The molecule has 3 heteroatoms. The molecule has 1 atom stereocenters. The number of benzene rings is 1. The van der Waals surface area contributed by atoms with Crippen molar-refractivity contribution in [2.24, 2.45) is 0 Å². The molecule has 1 aromatic carbocycles. The van der Waals surface area contributed by atoms with Crippen molar-refractivity contribution in [3.63, 3.8) is 0 Å². The summed E-state index contributed by atoms with van der Waals surface area (Å²) in [6.45, 7) is 5.37. The average Bonchev–Trinajstić information content (AvgIpc) is 2.65. The van der Waals surface area contributed by atoms with Crippen LogP contribution in [0.1, 0.15) is 25.3 Å². The zero-order chi connectivity index (χ0) is 13.5. The van der Waals surface area contributed by atoms with Gasteiger partial charge in [0, 0.05) is 26.1 Å². The van der Waals surface area contributed by atoms with Gasteiger partial charge < -0.3 is 4.74 Å². The van der Waals surface area contributed by atoms with Crippen LogP contribution >= 0.6 is 0 Å². The van der Waals surface area contributed by atoms with Crippen LogP contribution in [0.3, 0.4) is 0 Å². The number of Topliss-reactive ketones (excluding diaryl/α,β-unsaturated/α-hetero) is 1. The molecule has 104 valence electrons. The lowest BCUT2D eigenvalue weighted by Gasteiger charge is -2.22. The molecule has 0 N–H and O–H groups in total. The monoisotopic (exact) mass is 261 g/mol. The van der Waals surface area contributed by atoms with E-state index in [0.29, 0.717) is 18.7 Å². The fourth-order valence-electron chi connectivity index (χ4n) is 2.49. The van der Waals surface area contributed by atoms with Crippen LogP contribution in [0.25, 0.3) is 0 Å². The summed E-state index contributed by atoms with van der Waals surface area (Å²) in [5, 5.41) is 0. The number of ether oxygens (including phenoxy) is 1. The third-order valence-electron chi connectivity index (χ3n) is 3.53. The molecule has 19 heavy (non-hydrogen) atoms. The maximum absolute atomic E-state index is 12.1. The normalized spacial score (nSPS) is 21.0. The summed E-state index contributed by atoms with van der Waals surface area (Å²) in [5.74, 6) is 0.294. The molecule has 1 heterocycles. The second-order valence-corrected chi connectivity index (χ2v) is 5.19. The minimum absolute atomic E-state index is 0.284. The Balaban J connectivity index is 1.84. The summed E-state index contributed by atoms with van der Waals surface area (Å²) >= 11 is 0. The molecule has 0 saturated carbocycles. The van der Waals surface area contributed by atoms with Gasteiger partial charge in [0.15, 0.2) is 5.78 Å². The van der Waals surface area contributed by atoms with E-state index in [0.717, 1.165) is 38.1 Å². The quantitative estimate of drug-likeness (QED) is 0.814. The molecule has 0 bridgehead atoms. The van der Waals surface area contributed by atoms with E-state index in [1.54, 1.807) is 0 Å². The van der Waals surface area contributed by atoms with Crippen LogP contribution in [0.15, 0.2) is 30.3 Å². The highest BCUT2D eigenvalue weighted by molar-refractivity contribution is 5.82. The molecule has 1 saturated heterocycles. The lowest BCUT2D eigenvalue weighted by atomic mass is 10.1. The highest BCUT2D eigenvalue weighted by atomic mass is 16.5. The number of hydrogen-bond acceptors (Lipinski definition) is 3. The van der Waals surface area contributed by atoms with E-state index in [-0.39, 0.29) is 6.10 Å². The van der Waals surface area contributed by atoms with Crippen LogP contribution in [-0.4, -0.2) is 43.0 Å². The van der Waals surface area contributed by atoms with Gasteiger partial charge in [0.1, 0.15) is 0 Å². The van der Waals surface area contributed by atoms with Gasteiger partial charge in [-0.15, -0.1) is 0 Å². The van der Waals surface area contributed by atoms with Gasteiger partial charge in [0.25, 0.3) is 0 Å². The van der Waals surface area contributed by atoms with E-state index in [1.165, 1.54) is 0 Å². The molecular weight excluding hydrogens is 238 g/mol. The number of rotatable bonds is 5. The summed E-state index contributed by atoms with van der Waals surface area (Å²) in [4.78, 5) is 14.3. The van der Waals surface area contributed by atoms with E-state index in [4.69, 9.17) is 4.74 Å². The van der Waals surface area contributed by atoms with E-state index < -0.39 is 0 Å². The molecule has 1 fully saturated rings. The second-order valence-electron chi connectivity index (χ2n) is 5.19. The third-order valence-corrected chi connectivity index (χ3v) is 3.53. The Morgan fingerprint density at radius 1 is 1.37 bits per heavy atom. The average molecular weight is 261 g/mol. The van der Waals surface area contributed by atoms with Gasteiger partial charge in [0.2, 0.25) is 0 Å². The van der Waals surface area contributed by atoms with Gasteiger partial charge in [-0.1, -0.05) is 37.3 Å². The van der Waals surface area contributed by atoms with Crippen molar-refractivity contribution in [2.45, 2.75) is 32.3 Å². The number of carbonyl (C=O) groups is 1. The van der Waals surface area contributed by atoms with Gasteiger partial charge in [0.05, 0.1) is 12.6 Å². The molecule has 1 aromatic rings. The van der Waals surface area contributed by atoms with E-state index >= 15 is 0 Å². The van der Waals surface area contributed by atoms with Gasteiger partial charge >= 0.3 is 0 Å². The van der Waals surface area contributed by atoms with Crippen molar-refractivity contribution < 1.29 is 9.53 Å². The highest BCUT2D eigenvalue weighted by Gasteiger charge is 2.19. The summed E-state index contributed by atoms with van der Waals surface area (Å²) in [7, 11) is 0. The molecule has 3 nitrogen and oxygen atoms in total. The predicted molar refractivity (Wildman–Crippen MR) is 76.2 cm³/mol. The Morgan fingerprint density at radius 3 is 2.89 bits per heavy atom. The molecule has 1 aliphatic heterocycles. The fraction of sp³-hybridized carbons (Fsp3) is 0.562. The maximum Gasteiger partial charge on any atom is 0.151 e. The molecule has 0 radical (unpaired) electrons. The third kappa shape index (κ3) is 4.77. The van der Waals surface area contributed by atoms with Crippen molar-refractivity contribution in [1.82, 2.24) is 4.90 Å². The summed E-state index contributed by atoms with van der Waals surface area (Å²) in [6.07, 6.45) is 2.86. The molecule has 0 amide bonds. The second kappa shape index (κ2) is 7.41. The first kappa shape index (κ1) is 14.2. The maximum atomic E-state index is 12.1. The zero-order valence-corrected chi connectivity index (χ0v) is 11.7. The van der Waals surface area contributed by atoms with Crippen molar-refractivity contribution >= 4 is 5.78 Å². The summed E-state index contributed by atoms with van der Waals surface area (Å²) in [6, 6.07) is 9.97. The molecular formula is C16H23NO2. The highest BCUT2D eigenvalue weighted by Crippen LogP contribution is 2.09. The smallest absolute Gasteiger partial charge is 0.151 e. The molecule has 0 aromatic heterocycles. The van der Waals surface area contributed by atoms with Crippen molar-refractivity contribution in [2.75, 3.05) is 26.2 Å². The molecule has 0 spiro atoms. The molecule has 1 aliphatic rings. The van der Waals surface area contributed by atoms with Crippen LogP contribution in [0, 0.1) is 0 Å². The van der Waals surface area contributed by atoms with E-state index in [2.05, 4.69) is 11.8 Å². The standard InChI is InChI=1S/C16H23NO2/c1-2-16-13-17(9-6-10-19-16)12-15(18)11-14-7-4-3-5-8-14/h3-5,7-8,16H,2,6,9-13H2,1H3. The molecule has 1 unspecified atom stereocenters. The van der Waals surface area contributed by atoms with Crippen LogP contribution in [-0.2, 0) is 16.0 Å². The Hall–Kier alpha value is -1.19. The summed E-state index contributed by atoms with van der Waals surface area (Å²) < 4.78 is 5.73. The van der Waals surface area contributed by atoms with Gasteiger partial charge in [-0.3, -0.25) is 9.69 Å². The van der Waals surface area contributed by atoms with Crippen molar-refractivity contribution in [1.29, 1.82) is 0 Å². The first-order valence-electron chi connectivity index (χ1n) is 7.17. The first-order valence-corrected chi connectivity index (χ1v) is 7.17. The van der Waals surface area contributed by atoms with Gasteiger partial charge in [-0.2, -0.15) is 0 Å². The minimum Gasteiger partial charge on any atom is -0.377 e. The van der Waals surface area contributed by atoms with Crippen LogP contribution in [0.5, 0.6) is 0 Å². The van der Waals surface area contributed by atoms with Crippen LogP contribution in [0.4, 0.5) is 0 Å². The predicted octanol–water partition coefficient (Wildman–Crippen LogP) is 2.30. The number of hydrogen-bond donors (Lipinski definition) is 0. The Morgan fingerprint density at radius 2 is 2.16 bits per heavy atom. The Labute approximate surface area is 115 Å². The number of nitrogens with zero attached hydrogens (tertiary/aromatic N) is 1. The number of carbonyl (C=O) groups excluding carboxylic acids is 1. The first-order chi connectivity index (χ1) is 9.28. The van der Waals surface area contributed by atoms with Gasteiger partial charge in [-0.05, 0) is 18.4 Å². The van der Waals surface area contributed by atoms with Crippen molar-refractivity contribution in [3.05, 3.63) is 35.9 Å². The van der Waals surface area contributed by atoms with Crippen LogP contribution < -0.4 is 0 Å². The van der Waals surface area contributed by atoms with Crippen molar-refractivity contribution in [3.8, 4) is 0 Å². The fourth-order valence-corrected chi connectivity index (χ4v) is 2.49. The lowest BCUT2D eigenvalue weighted by molar-refractivity contribution is -0.119. The molecule has 2 rings (SSSR count). The van der Waals surface area contributed by atoms with Gasteiger partial charge in [-0.25, -0.2) is 0 Å².